The van der Waals surface area contributed by atoms with Crippen molar-refractivity contribution in [1.29, 1.82) is 0 Å². The van der Waals surface area contributed by atoms with Gasteiger partial charge in [0.05, 0.1) is 17.1 Å². The number of amides is 1. The number of carbonyl (C=O) groups is 1. The van der Waals surface area contributed by atoms with Gasteiger partial charge in [-0.1, -0.05) is 12.1 Å². The first-order valence-electron chi connectivity index (χ1n) is 5.24. The first-order valence-corrected chi connectivity index (χ1v) is 7.06. The lowest BCUT2D eigenvalue weighted by atomic mass is 10.2. The lowest BCUT2D eigenvalue weighted by Crippen LogP contribution is -2.36. The highest BCUT2D eigenvalue weighted by molar-refractivity contribution is 7.91. The van der Waals surface area contributed by atoms with Crippen molar-refractivity contribution in [3.05, 3.63) is 35.6 Å². The predicted molar refractivity (Wildman–Crippen MR) is 60.9 cm³/mol. The summed E-state index contributed by atoms with van der Waals surface area (Å²) < 4.78 is 35.7. The molecule has 0 radical (unpaired) electrons. The molecule has 1 aliphatic heterocycles. The predicted octanol–water partition coefficient (Wildman–Crippen LogP) is 0.743. The molecule has 4 nitrogen and oxygen atoms in total. The van der Waals surface area contributed by atoms with Gasteiger partial charge >= 0.3 is 0 Å². The third-order valence-corrected chi connectivity index (χ3v) is 4.45. The van der Waals surface area contributed by atoms with Crippen molar-refractivity contribution in [3.8, 4) is 0 Å². The van der Waals surface area contributed by atoms with Crippen LogP contribution in [0.15, 0.2) is 24.3 Å². The Morgan fingerprint density at radius 2 is 2.06 bits per heavy atom. The van der Waals surface area contributed by atoms with E-state index in [2.05, 4.69) is 5.32 Å². The number of rotatable bonds is 2. The maximum Gasteiger partial charge on any atom is 0.254 e. The van der Waals surface area contributed by atoms with Gasteiger partial charge in [-0.25, -0.2) is 12.8 Å². The fourth-order valence-corrected chi connectivity index (χ4v) is 3.49. The fourth-order valence-electron chi connectivity index (χ4n) is 1.82. The summed E-state index contributed by atoms with van der Waals surface area (Å²) in [5, 5.41) is 2.53. The van der Waals surface area contributed by atoms with Crippen LogP contribution in [0.3, 0.4) is 0 Å². The number of carbonyl (C=O) groups excluding carboxylic acids is 1. The van der Waals surface area contributed by atoms with Crippen molar-refractivity contribution in [3.63, 3.8) is 0 Å². The fraction of sp³-hybridized carbons (Fsp3) is 0.364. The number of sulfone groups is 1. The van der Waals surface area contributed by atoms with Crippen LogP contribution in [0, 0.1) is 5.82 Å². The molecule has 0 spiro atoms. The van der Waals surface area contributed by atoms with Crippen molar-refractivity contribution in [2.45, 2.75) is 12.5 Å². The summed E-state index contributed by atoms with van der Waals surface area (Å²) in [6.07, 6.45) is 0.391. The zero-order valence-corrected chi connectivity index (χ0v) is 9.84. The molecule has 6 heteroatoms. The molecule has 1 aliphatic rings. The van der Waals surface area contributed by atoms with Gasteiger partial charge in [-0.15, -0.1) is 0 Å². The Balaban J connectivity index is 2.06. The van der Waals surface area contributed by atoms with Gasteiger partial charge < -0.3 is 5.32 Å². The van der Waals surface area contributed by atoms with Gasteiger partial charge in [-0.3, -0.25) is 4.79 Å². The van der Waals surface area contributed by atoms with Crippen LogP contribution >= 0.6 is 0 Å². The van der Waals surface area contributed by atoms with E-state index in [0.717, 1.165) is 0 Å². The van der Waals surface area contributed by atoms with E-state index in [1.54, 1.807) is 6.07 Å². The highest BCUT2D eigenvalue weighted by Gasteiger charge is 2.29. The second kappa shape index (κ2) is 4.44. The Bertz CT molecular complexity index is 541. The average molecular weight is 257 g/mol. The maximum absolute atomic E-state index is 13.3. The number of nitrogens with one attached hydrogen (secondary N) is 1. The van der Waals surface area contributed by atoms with Crippen LogP contribution in [0.5, 0.6) is 0 Å². The molecule has 0 saturated carbocycles. The van der Waals surface area contributed by atoms with Crippen LogP contribution in [0.2, 0.25) is 0 Å². The Labute approximate surface area is 98.8 Å². The van der Waals surface area contributed by atoms with Crippen molar-refractivity contribution >= 4 is 15.7 Å². The second-order valence-corrected chi connectivity index (χ2v) is 6.28. The van der Waals surface area contributed by atoms with Crippen LogP contribution in [-0.2, 0) is 9.84 Å². The highest BCUT2D eigenvalue weighted by atomic mass is 32.2. The summed E-state index contributed by atoms with van der Waals surface area (Å²) >= 11 is 0. The molecule has 0 aliphatic carbocycles. The molecule has 1 atom stereocenters. The summed E-state index contributed by atoms with van der Waals surface area (Å²) in [7, 11) is -3.04. The number of benzene rings is 1. The average Bonchev–Trinajstić information content (AvgIpc) is 2.58. The van der Waals surface area contributed by atoms with E-state index in [0.29, 0.717) is 6.42 Å². The van der Waals surface area contributed by atoms with E-state index in [1.165, 1.54) is 18.2 Å². The molecule has 1 aromatic rings. The van der Waals surface area contributed by atoms with Gasteiger partial charge in [-0.05, 0) is 18.6 Å². The van der Waals surface area contributed by atoms with Gasteiger partial charge in [0.15, 0.2) is 9.84 Å². The van der Waals surface area contributed by atoms with Gasteiger partial charge in [0.2, 0.25) is 0 Å². The molecular weight excluding hydrogens is 245 g/mol. The smallest absolute Gasteiger partial charge is 0.254 e. The summed E-state index contributed by atoms with van der Waals surface area (Å²) in [6.45, 7) is 0. The van der Waals surface area contributed by atoms with E-state index >= 15 is 0 Å². The number of hydrogen-bond donors (Lipinski definition) is 1. The molecule has 1 amide bonds. The molecule has 0 aromatic heterocycles. The monoisotopic (exact) mass is 257 g/mol. The molecule has 1 heterocycles. The Morgan fingerprint density at radius 3 is 2.65 bits per heavy atom. The number of hydrogen-bond acceptors (Lipinski definition) is 3. The van der Waals surface area contributed by atoms with Crippen LogP contribution in [0.4, 0.5) is 4.39 Å². The molecule has 1 N–H and O–H groups in total. The molecule has 0 bridgehead atoms. The minimum absolute atomic E-state index is 0.0585. The zero-order chi connectivity index (χ0) is 12.5. The van der Waals surface area contributed by atoms with E-state index in [4.69, 9.17) is 0 Å². The molecule has 92 valence electrons. The largest absolute Gasteiger partial charge is 0.348 e. The summed E-state index contributed by atoms with van der Waals surface area (Å²) in [4.78, 5) is 11.7. The summed E-state index contributed by atoms with van der Waals surface area (Å²) in [5.41, 5.74) is -0.0585. The summed E-state index contributed by atoms with van der Waals surface area (Å²) in [6, 6.07) is 5.20. The van der Waals surface area contributed by atoms with Crippen LogP contribution in [0.1, 0.15) is 16.8 Å². The standard InChI is InChI=1S/C11H12FNO3S/c12-10-4-2-1-3-9(10)11(14)13-8-5-6-17(15,16)7-8/h1-4,8H,5-7H2,(H,13,14). The minimum Gasteiger partial charge on any atom is -0.348 e. The lowest BCUT2D eigenvalue weighted by molar-refractivity contribution is 0.0937. The third kappa shape index (κ3) is 2.82. The highest BCUT2D eigenvalue weighted by Crippen LogP contribution is 2.13. The number of halogens is 1. The topological polar surface area (TPSA) is 63.2 Å². The first kappa shape index (κ1) is 12.0. The van der Waals surface area contributed by atoms with E-state index < -0.39 is 27.6 Å². The maximum atomic E-state index is 13.3. The quantitative estimate of drug-likeness (QED) is 0.850. The van der Waals surface area contributed by atoms with Crippen LogP contribution in [0.25, 0.3) is 0 Å². The van der Waals surface area contributed by atoms with Crippen molar-refractivity contribution < 1.29 is 17.6 Å². The minimum atomic E-state index is -3.04. The van der Waals surface area contributed by atoms with E-state index in [-0.39, 0.29) is 17.1 Å². The van der Waals surface area contributed by atoms with Crippen LogP contribution < -0.4 is 5.32 Å². The van der Waals surface area contributed by atoms with E-state index in [9.17, 15) is 17.6 Å². The first-order chi connectivity index (χ1) is 7.98. The van der Waals surface area contributed by atoms with Gasteiger partial charge in [0.1, 0.15) is 5.82 Å². The molecule has 1 fully saturated rings. The van der Waals surface area contributed by atoms with Gasteiger partial charge in [0, 0.05) is 6.04 Å². The molecule has 2 rings (SSSR count). The molecule has 1 aromatic carbocycles. The normalized spacial score (nSPS) is 22.3. The Morgan fingerprint density at radius 1 is 1.35 bits per heavy atom. The van der Waals surface area contributed by atoms with Crippen molar-refractivity contribution in [1.82, 2.24) is 5.32 Å². The van der Waals surface area contributed by atoms with Crippen LogP contribution in [-0.4, -0.2) is 31.9 Å². The molecule has 1 unspecified atom stereocenters. The van der Waals surface area contributed by atoms with Crippen molar-refractivity contribution in [2.24, 2.45) is 0 Å². The Hall–Kier alpha value is -1.43. The lowest BCUT2D eigenvalue weighted by Gasteiger charge is -2.10. The SMILES string of the molecule is O=C(NC1CCS(=O)(=O)C1)c1ccccc1F. The molecule has 17 heavy (non-hydrogen) atoms. The molecule has 1 saturated heterocycles. The summed E-state index contributed by atoms with van der Waals surface area (Å²) in [5.74, 6) is -1.15. The molecular formula is C11H12FNO3S. The van der Waals surface area contributed by atoms with Gasteiger partial charge in [-0.2, -0.15) is 0 Å². The van der Waals surface area contributed by atoms with Crippen molar-refractivity contribution in [2.75, 3.05) is 11.5 Å². The van der Waals surface area contributed by atoms with E-state index in [1.807, 2.05) is 0 Å². The van der Waals surface area contributed by atoms with Gasteiger partial charge in [0.25, 0.3) is 5.91 Å². The second-order valence-electron chi connectivity index (χ2n) is 4.05. The third-order valence-electron chi connectivity index (χ3n) is 2.69. The zero-order valence-electron chi connectivity index (χ0n) is 9.02. The Kier molecular flexibility index (Phi) is 3.15.